The number of aromatic nitrogens is 2. The summed E-state index contributed by atoms with van der Waals surface area (Å²) in [7, 11) is 1.71. The summed E-state index contributed by atoms with van der Waals surface area (Å²) < 4.78 is 0. The van der Waals surface area contributed by atoms with Crippen LogP contribution in [0.15, 0.2) is 5.03 Å². The molecule has 0 saturated carbocycles. The highest BCUT2D eigenvalue weighted by Crippen LogP contribution is 2.23. The van der Waals surface area contributed by atoms with Crippen molar-refractivity contribution in [3.05, 3.63) is 17.1 Å². The summed E-state index contributed by atoms with van der Waals surface area (Å²) in [5.74, 6) is -0.358. The lowest BCUT2D eigenvalue weighted by atomic mass is 10.2. The molecule has 0 spiro atoms. The molecule has 0 atom stereocenters. The Labute approximate surface area is 122 Å². The Kier molecular flexibility index (Phi) is 5.94. The summed E-state index contributed by atoms with van der Waals surface area (Å²) in [4.78, 5) is 33.0. The molecule has 1 amide bonds. The van der Waals surface area contributed by atoms with Gasteiger partial charge < -0.3 is 10.0 Å². The van der Waals surface area contributed by atoms with Gasteiger partial charge in [0.05, 0.1) is 11.4 Å². The maximum atomic E-state index is 11.8. The van der Waals surface area contributed by atoms with E-state index >= 15 is 0 Å². The highest BCUT2D eigenvalue weighted by Gasteiger charge is 2.19. The van der Waals surface area contributed by atoms with Gasteiger partial charge in [0, 0.05) is 20.0 Å². The van der Waals surface area contributed by atoms with Gasteiger partial charge in [-0.2, -0.15) is 0 Å². The number of amides is 1. The minimum atomic E-state index is -1.07. The molecule has 0 unspecified atom stereocenters. The fourth-order valence-electron chi connectivity index (χ4n) is 1.53. The van der Waals surface area contributed by atoms with E-state index in [1.165, 1.54) is 0 Å². The highest BCUT2D eigenvalue weighted by molar-refractivity contribution is 8.00. The molecule has 0 aliphatic heterocycles. The summed E-state index contributed by atoms with van der Waals surface area (Å²) in [6, 6.07) is 0. The molecule has 1 aromatic rings. The molecule has 1 rings (SSSR count). The number of nitrogens with zero attached hydrogens (tertiary/aromatic N) is 3. The van der Waals surface area contributed by atoms with Crippen LogP contribution in [0.3, 0.4) is 0 Å². The Bertz CT molecular complexity index is 520. The first-order valence-corrected chi connectivity index (χ1v) is 7.36. The Morgan fingerprint density at radius 1 is 1.30 bits per heavy atom. The molecule has 0 fully saturated rings. The van der Waals surface area contributed by atoms with Crippen molar-refractivity contribution in [1.29, 1.82) is 0 Å². The molecule has 1 heterocycles. The summed E-state index contributed by atoms with van der Waals surface area (Å²) in [6.45, 7) is 6.05. The largest absolute Gasteiger partial charge is 0.478 e. The van der Waals surface area contributed by atoms with Crippen LogP contribution in [0, 0.1) is 6.92 Å². The van der Waals surface area contributed by atoms with Crippen molar-refractivity contribution in [3.63, 3.8) is 0 Å². The number of carbonyl (C=O) groups is 2. The van der Waals surface area contributed by atoms with Crippen molar-refractivity contribution in [2.24, 2.45) is 0 Å². The Hall–Kier alpha value is -1.63. The van der Waals surface area contributed by atoms with Crippen LogP contribution < -0.4 is 0 Å². The van der Waals surface area contributed by atoms with Gasteiger partial charge in [0.1, 0.15) is 16.4 Å². The number of aryl methyl sites for hydroxylation is 2. The van der Waals surface area contributed by atoms with Crippen molar-refractivity contribution >= 4 is 23.6 Å². The highest BCUT2D eigenvalue weighted by atomic mass is 32.2. The molecule has 0 aliphatic carbocycles. The second-order valence-corrected chi connectivity index (χ2v) is 5.22. The van der Waals surface area contributed by atoms with Gasteiger partial charge in [0.15, 0.2) is 0 Å². The summed E-state index contributed by atoms with van der Waals surface area (Å²) >= 11 is 1.15. The van der Waals surface area contributed by atoms with Crippen molar-refractivity contribution < 1.29 is 14.7 Å². The predicted molar refractivity (Wildman–Crippen MR) is 77.1 cm³/mol. The van der Waals surface area contributed by atoms with E-state index in [9.17, 15) is 14.7 Å². The summed E-state index contributed by atoms with van der Waals surface area (Å²) in [5, 5.41) is 9.60. The SMILES string of the molecule is CCc1nc(C)c(C(=O)O)c(SCC(=O)N(C)CC)n1. The van der Waals surface area contributed by atoms with Gasteiger partial charge >= 0.3 is 5.97 Å². The molecular formula is C13H19N3O3S. The zero-order chi connectivity index (χ0) is 15.3. The van der Waals surface area contributed by atoms with Crippen LogP contribution in [0.25, 0.3) is 0 Å². The molecule has 6 nitrogen and oxygen atoms in total. The van der Waals surface area contributed by atoms with Gasteiger partial charge in [-0.3, -0.25) is 4.79 Å². The fraction of sp³-hybridized carbons (Fsp3) is 0.538. The average Bonchev–Trinajstić information content (AvgIpc) is 2.42. The van der Waals surface area contributed by atoms with Crippen LogP contribution in [-0.2, 0) is 11.2 Å². The van der Waals surface area contributed by atoms with Crippen molar-refractivity contribution in [2.45, 2.75) is 32.2 Å². The third-order valence-electron chi connectivity index (χ3n) is 2.87. The van der Waals surface area contributed by atoms with Crippen LogP contribution in [-0.4, -0.2) is 51.2 Å². The van der Waals surface area contributed by atoms with E-state index in [-0.39, 0.29) is 17.2 Å². The van der Waals surface area contributed by atoms with Gasteiger partial charge in [-0.15, -0.1) is 0 Å². The summed E-state index contributed by atoms with van der Waals surface area (Å²) in [5.41, 5.74) is 0.516. The first-order chi connectivity index (χ1) is 9.40. The lowest BCUT2D eigenvalue weighted by Gasteiger charge is -2.14. The topological polar surface area (TPSA) is 83.4 Å². The first-order valence-electron chi connectivity index (χ1n) is 6.38. The zero-order valence-corrected chi connectivity index (χ0v) is 13.0. The quantitative estimate of drug-likeness (QED) is 0.634. The Morgan fingerprint density at radius 3 is 2.45 bits per heavy atom. The van der Waals surface area contributed by atoms with Gasteiger partial charge in [-0.05, 0) is 13.8 Å². The maximum absolute atomic E-state index is 11.8. The minimum absolute atomic E-state index is 0.0526. The number of aromatic carboxylic acids is 1. The minimum Gasteiger partial charge on any atom is -0.478 e. The van der Waals surface area contributed by atoms with Crippen molar-refractivity contribution in [3.8, 4) is 0 Å². The number of hydrogen-bond donors (Lipinski definition) is 1. The van der Waals surface area contributed by atoms with E-state index in [0.717, 1.165) is 11.8 Å². The average molecular weight is 297 g/mol. The second-order valence-electron chi connectivity index (χ2n) is 4.26. The molecular weight excluding hydrogens is 278 g/mol. The molecule has 0 radical (unpaired) electrons. The fourth-order valence-corrected chi connectivity index (χ4v) is 2.56. The number of thioether (sulfide) groups is 1. The number of hydrogen-bond acceptors (Lipinski definition) is 5. The Balaban J connectivity index is 3.00. The monoisotopic (exact) mass is 297 g/mol. The molecule has 20 heavy (non-hydrogen) atoms. The van der Waals surface area contributed by atoms with Crippen LogP contribution in [0.2, 0.25) is 0 Å². The van der Waals surface area contributed by atoms with Crippen molar-refractivity contribution in [2.75, 3.05) is 19.3 Å². The molecule has 0 aliphatic rings. The lowest BCUT2D eigenvalue weighted by Crippen LogP contribution is -2.28. The molecule has 1 N–H and O–H groups in total. The zero-order valence-electron chi connectivity index (χ0n) is 12.1. The number of carbonyl (C=O) groups excluding carboxylic acids is 1. The van der Waals surface area contributed by atoms with E-state index < -0.39 is 5.97 Å². The summed E-state index contributed by atoms with van der Waals surface area (Å²) in [6.07, 6.45) is 0.622. The van der Waals surface area contributed by atoms with E-state index in [0.29, 0.717) is 29.5 Å². The van der Waals surface area contributed by atoms with Gasteiger partial charge in [0.2, 0.25) is 5.91 Å². The van der Waals surface area contributed by atoms with Gasteiger partial charge in [-0.25, -0.2) is 14.8 Å². The molecule has 0 bridgehead atoms. The van der Waals surface area contributed by atoms with E-state index in [1.807, 2.05) is 13.8 Å². The normalized spacial score (nSPS) is 10.4. The van der Waals surface area contributed by atoms with Crippen LogP contribution in [0.4, 0.5) is 0 Å². The smallest absolute Gasteiger partial charge is 0.340 e. The van der Waals surface area contributed by atoms with Crippen LogP contribution in [0.5, 0.6) is 0 Å². The van der Waals surface area contributed by atoms with E-state index in [4.69, 9.17) is 0 Å². The number of rotatable bonds is 6. The maximum Gasteiger partial charge on any atom is 0.340 e. The first kappa shape index (κ1) is 16.4. The van der Waals surface area contributed by atoms with Gasteiger partial charge in [0.25, 0.3) is 0 Å². The number of carboxylic acid groups (broad SMARTS) is 1. The Morgan fingerprint density at radius 2 is 1.95 bits per heavy atom. The molecule has 110 valence electrons. The van der Waals surface area contributed by atoms with Crippen LogP contribution >= 0.6 is 11.8 Å². The van der Waals surface area contributed by atoms with E-state index in [1.54, 1.807) is 18.9 Å². The molecule has 1 aromatic heterocycles. The molecule has 0 saturated heterocycles. The molecule has 7 heteroatoms. The second kappa shape index (κ2) is 7.23. The van der Waals surface area contributed by atoms with Crippen LogP contribution in [0.1, 0.15) is 35.7 Å². The standard InChI is InChI=1S/C13H19N3O3S/c1-5-9-14-8(3)11(13(18)19)12(15-9)20-7-10(17)16(4)6-2/h5-7H2,1-4H3,(H,18,19). The number of carboxylic acids is 1. The predicted octanol–water partition coefficient (Wildman–Crippen LogP) is 1.62. The third kappa shape index (κ3) is 3.93. The lowest BCUT2D eigenvalue weighted by molar-refractivity contribution is -0.126. The van der Waals surface area contributed by atoms with Crippen molar-refractivity contribution in [1.82, 2.24) is 14.9 Å². The third-order valence-corrected chi connectivity index (χ3v) is 3.83. The van der Waals surface area contributed by atoms with Gasteiger partial charge in [-0.1, -0.05) is 18.7 Å². The molecule has 0 aromatic carbocycles. The van der Waals surface area contributed by atoms with E-state index in [2.05, 4.69) is 9.97 Å².